The minimum Gasteiger partial charge on any atom is -0.478 e. The van der Waals surface area contributed by atoms with E-state index in [4.69, 9.17) is 9.47 Å². The maximum atomic E-state index is 13.7. The third-order valence-corrected chi connectivity index (χ3v) is 6.26. The number of nitrogens with zero attached hydrogens (tertiary/aromatic N) is 3. The summed E-state index contributed by atoms with van der Waals surface area (Å²) in [7, 11) is 0. The molecule has 1 aliphatic heterocycles. The van der Waals surface area contributed by atoms with Crippen LogP contribution in [-0.4, -0.2) is 42.0 Å². The summed E-state index contributed by atoms with van der Waals surface area (Å²) in [5.74, 6) is -0.0626. The fraction of sp³-hybridized carbons (Fsp3) is 0.462. The van der Waals surface area contributed by atoms with Gasteiger partial charge in [0.15, 0.2) is 0 Å². The summed E-state index contributed by atoms with van der Waals surface area (Å²) in [5, 5.41) is 0. The van der Waals surface area contributed by atoms with Gasteiger partial charge < -0.3 is 14.4 Å². The van der Waals surface area contributed by atoms with Gasteiger partial charge in [0.05, 0.1) is 24.8 Å². The molecule has 0 bridgehead atoms. The molecule has 0 unspecified atom stereocenters. The second-order valence-corrected chi connectivity index (χ2v) is 8.65. The van der Waals surface area contributed by atoms with Crippen molar-refractivity contribution in [1.29, 1.82) is 0 Å². The van der Waals surface area contributed by atoms with E-state index in [1.54, 1.807) is 12.3 Å². The lowest BCUT2D eigenvalue weighted by atomic mass is 9.85. The zero-order valence-electron chi connectivity index (χ0n) is 19.6. The average Bonchev–Trinajstić information content (AvgIpc) is 3.20. The number of aliphatic imine (C=N–C) groups is 1. The van der Waals surface area contributed by atoms with Crippen molar-refractivity contribution in [3.05, 3.63) is 53.5 Å². The molecule has 34 heavy (non-hydrogen) atoms. The van der Waals surface area contributed by atoms with Crippen LogP contribution in [0.15, 0.2) is 41.5 Å². The average molecular weight is 468 g/mol. The Morgan fingerprint density at radius 2 is 1.97 bits per heavy atom. The Bertz CT molecular complexity index is 1080. The highest BCUT2D eigenvalue weighted by Gasteiger charge is 2.37. The monoisotopic (exact) mass is 467 g/mol. The first-order valence-electron chi connectivity index (χ1n) is 11.9. The zero-order chi connectivity index (χ0) is 24.1. The summed E-state index contributed by atoms with van der Waals surface area (Å²) < 4.78 is 24.6. The second kappa shape index (κ2) is 10.8. The standard InChI is InChI=1S/C26H30FN3O4/c1-3-12-34-24-15-22-19(16-28-24)14-23(29-25(31)18-6-5-7-20(27)13-18)30(22)21-10-8-17(9-11-21)26(32)33-4-2/h5-7,13,15-17,21H,3-4,8-12,14H2,1-2H3. The summed E-state index contributed by atoms with van der Waals surface area (Å²) in [4.78, 5) is 36.0. The van der Waals surface area contributed by atoms with Crippen molar-refractivity contribution in [3.8, 4) is 5.88 Å². The first-order chi connectivity index (χ1) is 16.5. The van der Waals surface area contributed by atoms with E-state index < -0.39 is 11.7 Å². The smallest absolute Gasteiger partial charge is 0.308 e. The molecule has 1 amide bonds. The maximum absolute atomic E-state index is 13.7. The lowest BCUT2D eigenvalue weighted by Crippen LogP contribution is -2.42. The third-order valence-electron chi connectivity index (χ3n) is 6.26. The van der Waals surface area contributed by atoms with Crippen molar-refractivity contribution in [2.45, 2.75) is 58.4 Å². The number of ether oxygens (including phenoxy) is 2. The Hall–Kier alpha value is -3.29. The molecule has 180 valence electrons. The summed E-state index contributed by atoms with van der Waals surface area (Å²) in [6.07, 6.45) is 6.06. The van der Waals surface area contributed by atoms with Crippen molar-refractivity contribution < 1.29 is 23.5 Å². The van der Waals surface area contributed by atoms with Crippen molar-refractivity contribution in [1.82, 2.24) is 4.98 Å². The molecular weight excluding hydrogens is 437 g/mol. The first-order valence-corrected chi connectivity index (χ1v) is 11.9. The largest absolute Gasteiger partial charge is 0.478 e. The Labute approximate surface area is 199 Å². The van der Waals surface area contributed by atoms with E-state index >= 15 is 0 Å². The van der Waals surface area contributed by atoms with E-state index in [1.807, 2.05) is 19.9 Å². The SMILES string of the molecule is CCCOc1cc2c(cn1)CC(=NC(=O)c1cccc(F)c1)N2C1CCC(C(=O)OCC)CC1. The normalized spacial score (nSPS) is 20.8. The minimum absolute atomic E-state index is 0.0763. The Morgan fingerprint density at radius 3 is 2.68 bits per heavy atom. The Kier molecular flexibility index (Phi) is 7.55. The fourth-order valence-electron chi connectivity index (χ4n) is 4.63. The molecule has 1 saturated carbocycles. The van der Waals surface area contributed by atoms with E-state index in [-0.39, 0.29) is 23.5 Å². The molecule has 1 fully saturated rings. The van der Waals surface area contributed by atoms with Crippen LogP contribution in [0.2, 0.25) is 0 Å². The summed E-state index contributed by atoms with van der Waals surface area (Å²) in [6, 6.07) is 7.53. The number of carbonyl (C=O) groups is 2. The van der Waals surface area contributed by atoms with Crippen LogP contribution in [0.5, 0.6) is 5.88 Å². The number of rotatable bonds is 7. The number of pyridine rings is 1. The van der Waals surface area contributed by atoms with Gasteiger partial charge in [-0.05, 0) is 57.2 Å². The molecule has 2 aliphatic rings. The van der Waals surface area contributed by atoms with E-state index in [2.05, 4.69) is 14.9 Å². The highest BCUT2D eigenvalue weighted by atomic mass is 19.1. The number of amidine groups is 1. The summed E-state index contributed by atoms with van der Waals surface area (Å²) in [5.41, 5.74) is 2.09. The van der Waals surface area contributed by atoms with E-state index in [0.717, 1.165) is 30.5 Å². The van der Waals surface area contributed by atoms with Crippen LogP contribution in [0, 0.1) is 11.7 Å². The number of anilines is 1. The van der Waals surface area contributed by atoms with Gasteiger partial charge in [0.1, 0.15) is 11.7 Å². The topological polar surface area (TPSA) is 81.1 Å². The van der Waals surface area contributed by atoms with Crippen LogP contribution >= 0.6 is 0 Å². The minimum atomic E-state index is -0.483. The highest BCUT2D eigenvalue weighted by molar-refractivity contribution is 6.12. The molecule has 4 rings (SSSR count). The van der Waals surface area contributed by atoms with Gasteiger partial charge in [0, 0.05) is 35.9 Å². The molecule has 1 aromatic heterocycles. The van der Waals surface area contributed by atoms with Crippen LogP contribution in [-0.2, 0) is 16.0 Å². The zero-order valence-corrected chi connectivity index (χ0v) is 19.6. The molecule has 7 nitrogen and oxygen atoms in total. The predicted molar refractivity (Wildman–Crippen MR) is 127 cm³/mol. The number of benzene rings is 1. The van der Waals surface area contributed by atoms with Gasteiger partial charge in [-0.15, -0.1) is 0 Å². The lowest BCUT2D eigenvalue weighted by molar-refractivity contribution is -0.149. The molecule has 0 N–H and O–H groups in total. The Balaban J connectivity index is 1.62. The number of esters is 1. The number of carbonyl (C=O) groups excluding carboxylic acids is 2. The molecule has 0 radical (unpaired) electrons. The number of hydrogen-bond donors (Lipinski definition) is 0. The van der Waals surface area contributed by atoms with Gasteiger partial charge in [-0.1, -0.05) is 13.0 Å². The number of halogens is 1. The van der Waals surface area contributed by atoms with Crippen molar-refractivity contribution in [2.24, 2.45) is 10.9 Å². The molecule has 0 saturated heterocycles. The molecule has 1 aliphatic carbocycles. The lowest BCUT2D eigenvalue weighted by Gasteiger charge is -2.35. The van der Waals surface area contributed by atoms with Gasteiger partial charge in [-0.2, -0.15) is 4.99 Å². The predicted octanol–water partition coefficient (Wildman–Crippen LogP) is 4.73. The van der Waals surface area contributed by atoms with Crippen LogP contribution in [0.4, 0.5) is 10.1 Å². The number of hydrogen-bond acceptors (Lipinski definition) is 5. The van der Waals surface area contributed by atoms with E-state index in [1.165, 1.54) is 18.2 Å². The number of fused-ring (bicyclic) bond motifs is 1. The number of aromatic nitrogens is 1. The van der Waals surface area contributed by atoms with E-state index in [0.29, 0.717) is 44.2 Å². The summed E-state index contributed by atoms with van der Waals surface area (Å²) in [6.45, 7) is 4.79. The molecule has 8 heteroatoms. The van der Waals surface area contributed by atoms with Crippen molar-refractivity contribution >= 4 is 23.4 Å². The quantitative estimate of drug-likeness (QED) is 0.548. The van der Waals surface area contributed by atoms with Gasteiger partial charge >= 0.3 is 5.97 Å². The first kappa shape index (κ1) is 23.9. The van der Waals surface area contributed by atoms with Crippen LogP contribution in [0.25, 0.3) is 0 Å². The third kappa shape index (κ3) is 5.26. The highest BCUT2D eigenvalue weighted by Crippen LogP contribution is 2.38. The second-order valence-electron chi connectivity index (χ2n) is 8.65. The van der Waals surface area contributed by atoms with Gasteiger partial charge in [0.25, 0.3) is 5.91 Å². The number of amides is 1. The van der Waals surface area contributed by atoms with Crippen molar-refractivity contribution in [3.63, 3.8) is 0 Å². The molecule has 0 atom stereocenters. The van der Waals surface area contributed by atoms with Crippen LogP contribution in [0.3, 0.4) is 0 Å². The van der Waals surface area contributed by atoms with Gasteiger partial charge in [0.2, 0.25) is 5.88 Å². The van der Waals surface area contributed by atoms with Crippen molar-refractivity contribution in [2.75, 3.05) is 18.1 Å². The van der Waals surface area contributed by atoms with Gasteiger partial charge in [-0.25, -0.2) is 9.37 Å². The summed E-state index contributed by atoms with van der Waals surface area (Å²) >= 11 is 0. The fourth-order valence-corrected chi connectivity index (χ4v) is 4.63. The molecule has 1 aromatic carbocycles. The molecule has 2 aromatic rings. The van der Waals surface area contributed by atoms with Crippen LogP contribution in [0.1, 0.15) is 61.9 Å². The van der Waals surface area contributed by atoms with E-state index in [9.17, 15) is 14.0 Å². The Morgan fingerprint density at radius 1 is 1.18 bits per heavy atom. The van der Waals surface area contributed by atoms with Gasteiger partial charge in [-0.3, -0.25) is 9.59 Å². The molecular formula is C26H30FN3O4. The maximum Gasteiger partial charge on any atom is 0.308 e. The molecule has 0 spiro atoms. The van der Waals surface area contributed by atoms with Crippen LogP contribution < -0.4 is 9.64 Å². The molecule has 2 heterocycles.